The lowest BCUT2D eigenvalue weighted by atomic mass is 10.1. The van der Waals surface area contributed by atoms with Crippen molar-refractivity contribution in [3.63, 3.8) is 0 Å². The Morgan fingerprint density at radius 1 is 1.09 bits per heavy atom. The molecule has 1 saturated heterocycles. The molecule has 4 rings (SSSR count). The lowest BCUT2D eigenvalue weighted by Gasteiger charge is -2.17. The molecule has 1 amide bonds. The van der Waals surface area contributed by atoms with Crippen LogP contribution in [0.3, 0.4) is 0 Å². The van der Waals surface area contributed by atoms with Gasteiger partial charge in [-0.1, -0.05) is 65.4 Å². The van der Waals surface area contributed by atoms with Gasteiger partial charge in [-0.3, -0.25) is 9.69 Å². The van der Waals surface area contributed by atoms with Gasteiger partial charge in [0, 0.05) is 5.02 Å². The number of benzene rings is 3. The number of anilines is 1. The average Bonchev–Trinajstić information content (AvgIpc) is 3.07. The number of nitrogens with zero attached hydrogens (tertiary/aromatic N) is 1. The van der Waals surface area contributed by atoms with Crippen LogP contribution in [0.1, 0.15) is 29.2 Å². The summed E-state index contributed by atoms with van der Waals surface area (Å²) in [7, 11) is 0. The summed E-state index contributed by atoms with van der Waals surface area (Å²) in [5.74, 6) is 1.18. The van der Waals surface area contributed by atoms with Crippen molar-refractivity contribution in [3.05, 3.63) is 90.3 Å². The van der Waals surface area contributed by atoms with Gasteiger partial charge in [0.05, 0.1) is 20.8 Å². The van der Waals surface area contributed by atoms with E-state index in [9.17, 15) is 4.79 Å². The molecule has 8 heteroatoms. The zero-order valence-electron chi connectivity index (χ0n) is 19.4. The van der Waals surface area contributed by atoms with E-state index in [0.717, 1.165) is 31.5 Å². The largest absolute Gasteiger partial charge is 0.490 e. The Bertz CT molecular complexity index is 1320. The van der Waals surface area contributed by atoms with E-state index in [4.69, 9.17) is 33.3 Å². The van der Waals surface area contributed by atoms with Gasteiger partial charge >= 0.3 is 0 Å². The van der Waals surface area contributed by atoms with Gasteiger partial charge in [-0.05, 0) is 96.5 Å². The standard InChI is InChI=1S/C27H23ClINO3S2/c1-4-32-23-13-19(12-21(29)25(23)33-15-18-6-8-20(28)9-7-18)14-24-26(31)30(27(34)35-24)22-10-5-16(2)11-17(22)3/h5-14H,4,15H2,1-3H3/b24-14-. The van der Waals surface area contributed by atoms with Gasteiger partial charge in [-0.15, -0.1) is 0 Å². The number of ether oxygens (including phenoxy) is 2. The van der Waals surface area contributed by atoms with Crippen LogP contribution >= 0.6 is 58.2 Å². The van der Waals surface area contributed by atoms with Gasteiger partial charge in [-0.25, -0.2) is 0 Å². The van der Waals surface area contributed by atoms with E-state index in [1.807, 2.05) is 75.4 Å². The van der Waals surface area contributed by atoms with Crippen LogP contribution in [-0.2, 0) is 11.4 Å². The van der Waals surface area contributed by atoms with E-state index < -0.39 is 0 Å². The second kappa shape index (κ2) is 11.3. The summed E-state index contributed by atoms with van der Waals surface area (Å²) in [4.78, 5) is 15.5. The molecule has 3 aromatic carbocycles. The Kier molecular flexibility index (Phi) is 8.42. The van der Waals surface area contributed by atoms with Gasteiger partial charge in [-0.2, -0.15) is 0 Å². The van der Waals surface area contributed by atoms with Gasteiger partial charge in [0.15, 0.2) is 15.8 Å². The van der Waals surface area contributed by atoms with E-state index in [1.165, 1.54) is 11.8 Å². The van der Waals surface area contributed by atoms with E-state index in [-0.39, 0.29) is 5.91 Å². The maximum Gasteiger partial charge on any atom is 0.270 e. The lowest BCUT2D eigenvalue weighted by molar-refractivity contribution is -0.113. The Morgan fingerprint density at radius 2 is 1.83 bits per heavy atom. The zero-order valence-corrected chi connectivity index (χ0v) is 24.0. The molecule has 3 aromatic rings. The van der Waals surface area contributed by atoms with Crippen LogP contribution in [0.5, 0.6) is 11.5 Å². The number of hydrogen-bond donors (Lipinski definition) is 0. The molecule has 0 bridgehead atoms. The summed E-state index contributed by atoms with van der Waals surface area (Å²) in [6.45, 7) is 6.83. The van der Waals surface area contributed by atoms with Crippen molar-refractivity contribution < 1.29 is 14.3 Å². The van der Waals surface area contributed by atoms with Crippen LogP contribution in [0.15, 0.2) is 59.5 Å². The quantitative estimate of drug-likeness (QED) is 0.150. The normalized spacial score (nSPS) is 14.7. The molecule has 0 spiro atoms. The third-order valence-corrected chi connectivity index (χ3v) is 7.67. The Hall–Kier alpha value is -2.07. The minimum atomic E-state index is -0.122. The zero-order chi connectivity index (χ0) is 25.1. The minimum absolute atomic E-state index is 0.122. The second-order valence-electron chi connectivity index (χ2n) is 7.99. The van der Waals surface area contributed by atoms with Crippen LogP contribution < -0.4 is 14.4 Å². The number of hydrogen-bond acceptors (Lipinski definition) is 5. The van der Waals surface area contributed by atoms with Crippen molar-refractivity contribution in [1.82, 2.24) is 0 Å². The molecule has 1 fully saturated rings. The van der Waals surface area contributed by atoms with Crippen molar-refractivity contribution in [3.8, 4) is 11.5 Å². The smallest absolute Gasteiger partial charge is 0.270 e. The van der Waals surface area contributed by atoms with E-state index >= 15 is 0 Å². The predicted molar refractivity (Wildman–Crippen MR) is 158 cm³/mol. The molecule has 1 aliphatic rings. The first-order valence-corrected chi connectivity index (χ1v) is 13.6. The first-order valence-electron chi connectivity index (χ1n) is 11.0. The summed E-state index contributed by atoms with van der Waals surface area (Å²) in [5, 5.41) is 0.686. The second-order valence-corrected chi connectivity index (χ2v) is 11.3. The molecular weight excluding hydrogens is 613 g/mol. The van der Waals surface area contributed by atoms with E-state index in [0.29, 0.717) is 39.0 Å². The van der Waals surface area contributed by atoms with Gasteiger partial charge < -0.3 is 9.47 Å². The van der Waals surface area contributed by atoms with Gasteiger partial charge in [0.1, 0.15) is 6.61 Å². The topological polar surface area (TPSA) is 38.8 Å². The number of carbonyl (C=O) groups excluding carboxylic acids is 1. The van der Waals surface area contributed by atoms with E-state index in [2.05, 4.69) is 28.7 Å². The Morgan fingerprint density at radius 3 is 2.51 bits per heavy atom. The van der Waals surface area contributed by atoms with Crippen LogP contribution in [0.25, 0.3) is 6.08 Å². The highest BCUT2D eigenvalue weighted by Crippen LogP contribution is 2.40. The van der Waals surface area contributed by atoms with Crippen molar-refractivity contribution in [1.29, 1.82) is 0 Å². The highest BCUT2D eigenvalue weighted by atomic mass is 127. The Balaban J connectivity index is 1.61. The number of thiocarbonyl (C=S) groups is 1. The van der Waals surface area contributed by atoms with Crippen molar-refractivity contribution >= 4 is 80.2 Å². The van der Waals surface area contributed by atoms with Crippen LogP contribution in [0.4, 0.5) is 5.69 Å². The molecule has 0 aromatic heterocycles. The number of rotatable bonds is 7. The van der Waals surface area contributed by atoms with Crippen LogP contribution in [0, 0.1) is 17.4 Å². The molecule has 4 nitrogen and oxygen atoms in total. The fourth-order valence-electron chi connectivity index (χ4n) is 3.69. The third-order valence-electron chi connectivity index (χ3n) is 5.31. The van der Waals surface area contributed by atoms with Gasteiger partial charge in [0.25, 0.3) is 5.91 Å². The molecule has 1 aliphatic heterocycles. The fraction of sp³-hybridized carbons (Fsp3) is 0.185. The first-order chi connectivity index (χ1) is 16.8. The summed E-state index contributed by atoms with van der Waals surface area (Å²) in [6.07, 6.45) is 1.86. The van der Waals surface area contributed by atoms with Crippen LogP contribution in [0.2, 0.25) is 5.02 Å². The average molecular weight is 636 g/mol. The summed E-state index contributed by atoms with van der Waals surface area (Å²) >= 11 is 15.1. The number of carbonyl (C=O) groups is 1. The number of halogens is 2. The van der Waals surface area contributed by atoms with Gasteiger partial charge in [0.2, 0.25) is 0 Å². The molecule has 180 valence electrons. The molecule has 35 heavy (non-hydrogen) atoms. The maximum absolute atomic E-state index is 13.3. The van der Waals surface area contributed by atoms with Crippen LogP contribution in [-0.4, -0.2) is 16.8 Å². The number of amides is 1. The highest BCUT2D eigenvalue weighted by molar-refractivity contribution is 14.1. The molecule has 0 atom stereocenters. The summed E-state index contributed by atoms with van der Waals surface area (Å²) in [6, 6.07) is 17.4. The van der Waals surface area contributed by atoms with Crippen molar-refractivity contribution in [2.75, 3.05) is 11.5 Å². The van der Waals surface area contributed by atoms with Crippen molar-refractivity contribution in [2.24, 2.45) is 0 Å². The monoisotopic (exact) mass is 635 g/mol. The molecule has 0 N–H and O–H groups in total. The maximum atomic E-state index is 13.3. The first kappa shape index (κ1) is 26.0. The summed E-state index contributed by atoms with van der Waals surface area (Å²) < 4.78 is 13.4. The molecule has 1 heterocycles. The SMILES string of the molecule is CCOc1cc(/C=C2\SC(=S)N(c3ccc(C)cc3C)C2=O)cc(I)c1OCc1ccc(Cl)cc1. The highest BCUT2D eigenvalue weighted by Gasteiger charge is 2.34. The summed E-state index contributed by atoms with van der Waals surface area (Å²) in [5.41, 5.74) is 4.82. The lowest BCUT2D eigenvalue weighted by Crippen LogP contribution is -2.28. The fourth-order valence-corrected chi connectivity index (χ4v) is 5.89. The number of thioether (sulfide) groups is 1. The Labute approximate surface area is 233 Å². The van der Waals surface area contributed by atoms with E-state index in [1.54, 1.807) is 4.90 Å². The molecule has 0 radical (unpaired) electrons. The molecular formula is C27H23ClINO3S2. The molecule has 0 unspecified atom stereocenters. The molecule has 0 saturated carbocycles. The van der Waals surface area contributed by atoms with Crippen molar-refractivity contribution in [2.45, 2.75) is 27.4 Å². The minimum Gasteiger partial charge on any atom is -0.490 e. The number of aryl methyl sites for hydroxylation is 2. The molecule has 0 aliphatic carbocycles. The predicted octanol–water partition coefficient (Wildman–Crippen LogP) is 7.94. The third kappa shape index (κ3) is 6.02.